The summed E-state index contributed by atoms with van der Waals surface area (Å²) in [4.78, 5) is 15.4. The summed E-state index contributed by atoms with van der Waals surface area (Å²) in [6, 6.07) is 3.89. The molecule has 0 atom stereocenters. The monoisotopic (exact) mass is 209 g/mol. The first kappa shape index (κ1) is 8.96. The first-order valence-corrected chi connectivity index (χ1v) is 4.84. The molecule has 2 rings (SSSR count). The van der Waals surface area contributed by atoms with Crippen LogP contribution in [0.4, 0.5) is 0 Å². The third-order valence-corrected chi connectivity index (χ3v) is 2.55. The van der Waals surface area contributed by atoms with E-state index in [1.54, 1.807) is 11.3 Å². The van der Waals surface area contributed by atoms with Gasteiger partial charge in [-0.3, -0.25) is 0 Å². The molecule has 0 unspecified atom stereocenters. The van der Waals surface area contributed by atoms with Crippen LogP contribution in [-0.2, 0) is 6.42 Å². The van der Waals surface area contributed by atoms with Gasteiger partial charge in [-0.25, -0.2) is 9.78 Å². The predicted molar refractivity (Wildman–Crippen MR) is 50.6 cm³/mol. The minimum absolute atomic E-state index is 0.0449. The average molecular weight is 209 g/mol. The zero-order valence-corrected chi connectivity index (χ0v) is 7.95. The van der Waals surface area contributed by atoms with E-state index in [1.807, 2.05) is 17.5 Å². The normalized spacial score (nSPS) is 10.3. The molecule has 2 aromatic rings. The molecule has 0 saturated carbocycles. The van der Waals surface area contributed by atoms with Crippen molar-refractivity contribution in [2.24, 2.45) is 0 Å². The second kappa shape index (κ2) is 3.63. The van der Waals surface area contributed by atoms with E-state index in [9.17, 15) is 4.79 Å². The van der Waals surface area contributed by atoms with E-state index in [0.29, 0.717) is 12.3 Å². The number of nitrogens with zero attached hydrogens (tertiary/aromatic N) is 1. The Morgan fingerprint density at radius 2 is 2.50 bits per heavy atom. The fourth-order valence-corrected chi connectivity index (χ4v) is 1.75. The molecule has 5 heteroatoms. The highest BCUT2D eigenvalue weighted by Crippen LogP contribution is 2.14. The Balaban J connectivity index is 2.14. The van der Waals surface area contributed by atoms with Gasteiger partial charge in [-0.1, -0.05) is 6.07 Å². The van der Waals surface area contributed by atoms with E-state index < -0.39 is 5.97 Å². The van der Waals surface area contributed by atoms with E-state index in [0.717, 1.165) is 11.1 Å². The lowest BCUT2D eigenvalue weighted by Gasteiger charge is -1.88. The van der Waals surface area contributed by atoms with E-state index in [-0.39, 0.29) is 5.69 Å². The molecule has 2 heterocycles. The molecule has 0 aromatic carbocycles. The Morgan fingerprint density at radius 1 is 1.64 bits per heavy atom. The maximum absolute atomic E-state index is 10.5. The number of thiophene rings is 1. The predicted octanol–water partition coefficient (Wildman–Crippen LogP) is 2.03. The number of hydrogen-bond donors (Lipinski definition) is 1. The van der Waals surface area contributed by atoms with E-state index >= 15 is 0 Å². The fraction of sp³-hybridized carbons (Fsp3) is 0.111. The highest BCUT2D eigenvalue weighted by molar-refractivity contribution is 7.09. The molecule has 0 saturated heterocycles. The van der Waals surface area contributed by atoms with Gasteiger partial charge in [-0.2, -0.15) is 0 Å². The average Bonchev–Trinajstić information content (AvgIpc) is 2.75. The smallest absolute Gasteiger partial charge is 0.357 e. The van der Waals surface area contributed by atoms with Crippen LogP contribution in [0.3, 0.4) is 0 Å². The number of carbonyl (C=O) groups is 1. The van der Waals surface area contributed by atoms with Gasteiger partial charge >= 0.3 is 5.97 Å². The zero-order valence-electron chi connectivity index (χ0n) is 7.14. The van der Waals surface area contributed by atoms with Crippen molar-refractivity contribution in [3.05, 3.63) is 40.2 Å². The highest BCUT2D eigenvalue weighted by Gasteiger charge is 2.10. The van der Waals surface area contributed by atoms with Gasteiger partial charge in [-0.15, -0.1) is 11.3 Å². The van der Waals surface area contributed by atoms with Gasteiger partial charge < -0.3 is 9.52 Å². The van der Waals surface area contributed by atoms with Crippen molar-refractivity contribution in [1.29, 1.82) is 0 Å². The lowest BCUT2D eigenvalue weighted by atomic mass is 10.3. The summed E-state index contributed by atoms with van der Waals surface area (Å²) >= 11 is 1.59. The summed E-state index contributed by atoms with van der Waals surface area (Å²) < 4.78 is 5.01. The van der Waals surface area contributed by atoms with E-state index in [4.69, 9.17) is 9.52 Å². The largest absolute Gasteiger partial charge is 0.476 e. The molecule has 0 spiro atoms. The lowest BCUT2D eigenvalue weighted by molar-refractivity contribution is 0.0690. The summed E-state index contributed by atoms with van der Waals surface area (Å²) in [5.41, 5.74) is -0.0449. The van der Waals surface area contributed by atoms with E-state index in [2.05, 4.69) is 4.98 Å². The number of carboxylic acid groups (broad SMARTS) is 1. The van der Waals surface area contributed by atoms with Crippen molar-refractivity contribution >= 4 is 17.3 Å². The number of aromatic nitrogens is 1. The first-order valence-electron chi connectivity index (χ1n) is 3.96. The van der Waals surface area contributed by atoms with Crippen LogP contribution in [0.5, 0.6) is 0 Å². The quantitative estimate of drug-likeness (QED) is 0.840. The molecule has 4 nitrogen and oxygen atoms in total. The second-order valence-electron chi connectivity index (χ2n) is 2.69. The Labute approximate surface area is 83.8 Å². The fourth-order valence-electron chi connectivity index (χ4n) is 1.05. The molecule has 0 radical (unpaired) electrons. The molecule has 0 aliphatic rings. The molecule has 0 amide bonds. The van der Waals surface area contributed by atoms with Gasteiger partial charge in [0, 0.05) is 4.88 Å². The van der Waals surface area contributed by atoms with Crippen LogP contribution in [0.1, 0.15) is 21.3 Å². The van der Waals surface area contributed by atoms with Crippen LogP contribution in [0, 0.1) is 0 Å². The van der Waals surface area contributed by atoms with Gasteiger partial charge in [-0.05, 0) is 11.4 Å². The van der Waals surface area contributed by atoms with Crippen molar-refractivity contribution < 1.29 is 14.3 Å². The Bertz CT molecular complexity index is 433. The molecule has 0 bridgehead atoms. The third-order valence-electron chi connectivity index (χ3n) is 1.68. The lowest BCUT2D eigenvalue weighted by Crippen LogP contribution is -1.96. The summed E-state index contributed by atoms with van der Waals surface area (Å²) in [5, 5.41) is 10.6. The molecular weight excluding hydrogens is 202 g/mol. The topological polar surface area (TPSA) is 63.3 Å². The molecule has 0 aliphatic carbocycles. The van der Waals surface area contributed by atoms with Crippen LogP contribution in [0.2, 0.25) is 0 Å². The SMILES string of the molecule is O=C(O)c1coc(Cc2cccs2)n1. The van der Waals surface area contributed by atoms with Gasteiger partial charge in [0.15, 0.2) is 11.6 Å². The molecule has 1 N–H and O–H groups in total. The van der Waals surface area contributed by atoms with Crippen LogP contribution >= 0.6 is 11.3 Å². The van der Waals surface area contributed by atoms with Crippen LogP contribution in [-0.4, -0.2) is 16.1 Å². The van der Waals surface area contributed by atoms with Crippen molar-refractivity contribution in [3.8, 4) is 0 Å². The number of aromatic carboxylic acids is 1. The van der Waals surface area contributed by atoms with Crippen molar-refractivity contribution in [2.75, 3.05) is 0 Å². The van der Waals surface area contributed by atoms with Crippen molar-refractivity contribution in [3.63, 3.8) is 0 Å². The highest BCUT2D eigenvalue weighted by atomic mass is 32.1. The van der Waals surface area contributed by atoms with Crippen LogP contribution in [0.25, 0.3) is 0 Å². The number of hydrogen-bond acceptors (Lipinski definition) is 4. The molecule has 0 aliphatic heterocycles. The second-order valence-corrected chi connectivity index (χ2v) is 3.72. The van der Waals surface area contributed by atoms with E-state index in [1.165, 1.54) is 0 Å². The van der Waals surface area contributed by atoms with Crippen molar-refractivity contribution in [1.82, 2.24) is 4.98 Å². The maximum Gasteiger partial charge on any atom is 0.357 e. The van der Waals surface area contributed by atoms with Gasteiger partial charge in [0.25, 0.3) is 0 Å². The molecular formula is C9H7NO3S. The molecule has 0 fully saturated rings. The summed E-state index contributed by atoms with van der Waals surface area (Å²) in [6.07, 6.45) is 1.70. The van der Waals surface area contributed by atoms with Gasteiger partial charge in [0.1, 0.15) is 6.26 Å². The third kappa shape index (κ3) is 1.82. The number of rotatable bonds is 3. The summed E-state index contributed by atoms with van der Waals surface area (Å²) in [6.45, 7) is 0. The zero-order chi connectivity index (χ0) is 9.97. The molecule has 2 aromatic heterocycles. The van der Waals surface area contributed by atoms with Gasteiger partial charge in [0.05, 0.1) is 6.42 Å². The van der Waals surface area contributed by atoms with Crippen LogP contribution < -0.4 is 0 Å². The standard InChI is InChI=1S/C9H7NO3S/c11-9(12)7-5-13-8(10-7)4-6-2-1-3-14-6/h1-3,5H,4H2,(H,11,12). The Morgan fingerprint density at radius 3 is 3.07 bits per heavy atom. The van der Waals surface area contributed by atoms with Gasteiger partial charge in [0.2, 0.25) is 0 Å². The van der Waals surface area contributed by atoms with Crippen molar-refractivity contribution in [2.45, 2.75) is 6.42 Å². The minimum atomic E-state index is -1.06. The summed E-state index contributed by atoms with van der Waals surface area (Å²) in [7, 11) is 0. The number of carboxylic acids is 1. The first-order chi connectivity index (χ1) is 6.75. The Hall–Kier alpha value is -1.62. The molecule has 14 heavy (non-hydrogen) atoms. The van der Waals surface area contributed by atoms with Crippen LogP contribution in [0.15, 0.2) is 28.2 Å². The summed E-state index contributed by atoms with van der Waals surface area (Å²) in [5.74, 6) is -0.629. The minimum Gasteiger partial charge on any atom is -0.476 e. The number of oxazole rings is 1. The molecule has 72 valence electrons. The Kier molecular flexibility index (Phi) is 2.32. The maximum atomic E-state index is 10.5.